The number of nitrogens with zero attached hydrogens (tertiary/aromatic N) is 4. The fourth-order valence-electron chi connectivity index (χ4n) is 4.63. The third kappa shape index (κ3) is 4.30. The molecule has 8 nitrogen and oxygen atoms in total. The maximum Gasteiger partial charge on any atom is 0.261 e. The molecular weight excluding hydrogens is 394 g/mol. The van der Waals surface area contributed by atoms with Gasteiger partial charge in [0, 0.05) is 31.6 Å². The van der Waals surface area contributed by atoms with Crippen molar-refractivity contribution in [2.45, 2.75) is 44.7 Å². The van der Waals surface area contributed by atoms with Gasteiger partial charge in [0.25, 0.3) is 5.56 Å². The zero-order chi connectivity index (χ0) is 22.0. The zero-order valence-corrected chi connectivity index (χ0v) is 18.6. The molecule has 0 radical (unpaired) electrons. The molecule has 1 saturated carbocycles. The number of hydrogen-bond donors (Lipinski definition) is 1. The van der Waals surface area contributed by atoms with Crippen molar-refractivity contribution >= 4 is 27.7 Å². The molecule has 0 aliphatic heterocycles. The van der Waals surface area contributed by atoms with E-state index in [0.29, 0.717) is 29.2 Å². The molecule has 0 spiro atoms. The first-order valence-electron chi connectivity index (χ1n) is 11.0. The number of rotatable bonds is 7. The minimum Gasteiger partial charge on any atom is -0.497 e. The molecule has 8 heteroatoms. The summed E-state index contributed by atoms with van der Waals surface area (Å²) >= 11 is 0. The van der Waals surface area contributed by atoms with Gasteiger partial charge < -0.3 is 19.5 Å². The number of hydrogen-bond acceptors (Lipinski definition) is 5. The van der Waals surface area contributed by atoms with Crippen molar-refractivity contribution in [1.82, 2.24) is 24.6 Å². The van der Waals surface area contributed by atoms with E-state index in [1.807, 2.05) is 18.2 Å². The number of likely N-dealkylation sites (N-methyl/N-ethyl adjacent to an activating group) is 1. The monoisotopic (exact) mass is 425 g/mol. The van der Waals surface area contributed by atoms with E-state index in [9.17, 15) is 9.59 Å². The molecule has 1 N–H and O–H groups in total. The van der Waals surface area contributed by atoms with Crippen LogP contribution in [-0.4, -0.2) is 58.4 Å². The lowest BCUT2D eigenvalue weighted by atomic mass is 9.94. The van der Waals surface area contributed by atoms with Crippen LogP contribution in [0, 0.1) is 0 Å². The number of aryl methyl sites for hydroxylation is 1. The second kappa shape index (κ2) is 9.09. The number of carbonyl (C=O) groups excluding carboxylic acids is 1. The topological polar surface area (TPSA) is 81.4 Å². The van der Waals surface area contributed by atoms with Crippen LogP contribution in [0.15, 0.2) is 29.2 Å². The predicted octanol–water partition coefficient (Wildman–Crippen LogP) is 2.28. The summed E-state index contributed by atoms with van der Waals surface area (Å²) in [4.78, 5) is 27.7. The minimum atomic E-state index is -0.131. The first-order chi connectivity index (χ1) is 15.0. The molecule has 1 aromatic carbocycles. The molecule has 0 bridgehead atoms. The van der Waals surface area contributed by atoms with Gasteiger partial charge in [-0.2, -0.15) is 5.10 Å². The number of methoxy groups -OCH3 is 1. The number of ether oxygens (including phenoxy) is 1. The van der Waals surface area contributed by atoms with E-state index in [2.05, 4.69) is 22.4 Å². The van der Waals surface area contributed by atoms with Gasteiger partial charge in [-0.1, -0.05) is 19.3 Å². The fraction of sp³-hybridized carbons (Fsp3) is 0.522. The molecule has 2 heterocycles. The third-order valence-electron chi connectivity index (χ3n) is 6.47. The van der Waals surface area contributed by atoms with Crippen LogP contribution in [0.3, 0.4) is 0 Å². The van der Waals surface area contributed by atoms with Crippen LogP contribution in [0.25, 0.3) is 21.8 Å². The second-order valence-electron chi connectivity index (χ2n) is 8.43. The molecule has 4 rings (SSSR count). The Hall–Kier alpha value is -2.87. The Kier molecular flexibility index (Phi) is 6.27. The van der Waals surface area contributed by atoms with Crippen molar-refractivity contribution in [3.05, 3.63) is 34.7 Å². The number of pyridine rings is 1. The summed E-state index contributed by atoms with van der Waals surface area (Å²) in [7, 11) is 5.48. The molecule has 166 valence electrons. The SMILES string of the molecule is COc1ccc2c(c1)c1c(cnn1CC(=O)NCCN(C)C1CCCCC1)c(=O)n2C. The highest BCUT2D eigenvalue weighted by Gasteiger charge is 2.19. The number of benzene rings is 1. The molecular formula is C23H31N5O3. The average molecular weight is 426 g/mol. The number of aromatic nitrogens is 3. The van der Waals surface area contributed by atoms with Crippen molar-refractivity contribution in [2.75, 3.05) is 27.2 Å². The summed E-state index contributed by atoms with van der Waals surface area (Å²) in [5.74, 6) is 0.578. The second-order valence-corrected chi connectivity index (χ2v) is 8.43. The smallest absolute Gasteiger partial charge is 0.261 e. The fourth-order valence-corrected chi connectivity index (χ4v) is 4.63. The molecule has 31 heavy (non-hydrogen) atoms. The summed E-state index contributed by atoms with van der Waals surface area (Å²) in [6.07, 6.45) is 7.96. The molecule has 0 atom stereocenters. The lowest BCUT2D eigenvalue weighted by molar-refractivity contribution is -0.121. The van der Waals surface area contributed by atoms with E-state index in [-0.39, 0.29) is 18.0 Å². The number of amides is 1. The summed E-state index contributed by atoms with van der Waals surface area (Å²) in [6, 6.07) is 6.18. The summed E-state index contributed by atoms with van der Waals surface area (Å²) in [5, 5.41) is 8.68. The average Bonchev–Trinajstić information content (AvgIpc) is 3.21. The molecule has 3 aromatic rings. The van der Waals surface area contributed by atoms with Gasteiger partial charge in [-0.15, -0.1) is 0 Å². The van der Waals surface area contributed by atoms with Gasteiger partial charge in [-0.05, 0) is 38.1 Å². The Morgan fingerprint density at radius 1 is 1.26 bits per heavy atom. The van der Waals surface area contributed by atoms with Crippen molar-refractivity contribution in [3.8, 4) is 5.75 Å². The van der Waals surface area contributed by atoms with Crippen molar-refractivity contribution in [3.63, 3.8) is 0 Å². The van der Waals surface area contributed by atoms with E-state index in [0.717, 1.165) is 17.4 Å². The molecule has 0 unspecified atom stereocenters. The summed E-state index contributed by atoms with van der Waals surface area (Å²) < 4.78 is 8.57. The van der Waals surface area contributed by atoms with Gasteiger partial charge in [-0.3, -0.25) is 14.3 Å². The van der Waals surface area contributed by atoms with Crippen LogP contribution in [0.2, 0.25) is 0 Å². The molecule has 2 aromatic heterocycles. The van der Waals surface area contributed by atoms with E-state index < -0.39 is 0 Å². The van der Waals surface area contributed by atoms with E-state index in [1.165, 1.54) is 32.1 Å². The van der Waals surface area contributed by atoms with Gasteiger partial charge in [0.15, 0.2) is 0 Å². The molecule has 1 aliphatic rings. The maximum absolute atomic E-state index is 12.8. The molecule has 1 fully saturated rings. The number of fused-ring (bicyclic) bond motifs is 3. The predicted molar refractivity (Wildman–Crippen MR) is 122 cm³/mol. The van der Waals surface area contributed by atoms with Gasteiger partial charge >= 0.3 is 0 Å². The van der Waals surface area contributed by atoms with Crippen molar-refractivity contribution in [2.24, 2.45) is 7.05 Å². The van der Waals surface area contributed by atoms with Crippen LogP contribution in [0.4, 0.5) is 0 Å². The van der Waals surface area contributed by atoms with E-state index >= 15 is 0 Å². The standard InChI is InChI=1S/C23H31N5O3/c1-26(16-7-5-4-6-8-16)12-11-24-21(29)15-28-22-18-13-17(31-3)9-10-20(18)27(2)23(30)19(22)14-25-28/h9-10,13-14,16H,4-8,11-12,15H2,1-3H3,(H,24,29). The van der Waals surface area contributed by atoms with Gasteiger partial charge in [0.1, 0.15) is 12.3 Å². The van der Waals surface area contributed by atoms with Crippen LogP contribution >= 0.6 is 0 Å². The maximum atomic E-state index is 12.8. The Balaban J connectivity index is 1.50. The largest absolute Gasteiger partial charge is 0.497 e. The van der Waals surface area contributed by atoms with Crippen molar-refractivity contribution < 1.29 is 9.53 Å². The lowest BCUT2D eigenvalue weighted by Gasteiger charge is -2.31. The van der Waals surface area contributed by atoms with Crippen LogP contribution in [0.5, 0.6) is 5.75 Å². The number of carbonyl (C=O) groups is 1. The highest BCUT2D eigenvalue weighted by atomic mass is 16.5. The van der Waals surface area contributed by atoms with Gasteiger partial charge in [-0.25, -0.2) is 0 Å². The number of nitrogens with one attached hydrogen (secondary N) is 1. The highest BCUT2D eigenvalue weighted by Crippen LogP contribution is 2.26. The quantitative estimate of drug-likeness (QED) is 0.628. The first kappa shape index (κ1) is 21.4. The van der Waals surface area contributed by atoms with E-state index in [4.69, 9.17) is 4.74 Å². The van der Waals surface area contributed by atoms with E-state index in [1.54, 1.807) is 29.6 Å². The molecule has 0 saturated heterocycles. The Morgan fingerprint density at radius 3 is 2.77 bits per heavy atom. The lowest BCUT2D eigenvalue weighted by Crippen LogP contribution is -2.40. The Morgan fingerprint density at radius 2 is 2.03 bits per heavy atom. The van der Waals surface area contributed by atoms with Crippen LogP contribution < -0.4 is 15.6 Å². The molecule has 1 amide bonds. The van der Waals surface area contributed by atoms with Crippen LogP contribution in [0.1, 0.15) is 32.1 Å². The van der Waals surface area contributed by atoms with Crippen LogP contribution in [-0.2, 0) is 18.4 Å². The van der Waals surface area contributed by atoms with Crippen molar-refractivity contribution in [1.29, 1.82) is 0 Å². The Labute approximate surface area is 181 Å². The highest BCUT2D eigenvalue weighted by molar-refractivity contribution is 6.04. The molecule has 1 aliphatic carbocycles. The summed E-state index contributed by atoms with van der Waals surface area (Å²) in [6.45, 7) is 1.49. The third-order valence-corrected chi connectivity index (χ3v) is 6.47. The summed E-state index contributed by atoms with van der Waals surface area (Å²) in [5.41, 5.74) is 1.30. The zero-order valence-electron chi connectivity index (χ0n) is 18.6. The first-order valence-corrected chi connectivity index (χ1v) is 11.0. The minimum absolute atomic E-state index is 0.0656. The van der Waals surface area contributed by atoms with Gasteiger partial charge in [0.05, 0.1) is 29.7 Å². The Bertz CT molecular complexity index is 1140. The normalized spacial score (nSPS) is 15.1. The van der Waals surface area contributed by atoms with Gasteiger partial charge in [0.2, 0.25) is 5.91 Å².